The van der Waals surface area contributed by atoms with Crippen LogP contribution in [0.5, 0.6) is 0 Å². The highest BCUT2D eigenvalue weighted by Crippen LogP contribution is 2.13. The second kappa shape index (κ2) is 4.80. The molecule has 0 radical (unpaired) electrons. The molecule has 1 aliphatic rings. The fraction of sp³-hybridized carbons (Fsp3) is 0.875. The summed E-state index contributed by atoms with van der Waals surface area (Å²) in [5, 5.41) is 0. The lowest BCUT2D eigenvalue weighted by molar-refractivity contribution is 0.00412. The van der Waals surface area contributed by atoms with Crippen molar-refractivity contribution in [1.29, 1.82) is 0 Å². The number of hydrogen-bond acceptors (Lipinski definition) is 6. The Kier molecular flexibility index (Phi) is 3.92. The summed E-state index contributed by atoms with van der Waals surface area (Å²) in [6, 6.07) is 0. The van der Waals surface area contributed by atoms with Gasteiger partial charge >= 0.3 is 6.16 Å². The summed E-state index contributed by atoms with van der Waals surface area (Å²) in [5.41, 5.74) is 0. The van der Waals surface area contributed by atoms with Gasteiger partial charge in [-0.1, -0.05) is 0 Å². The average Bonchev–Trinajstić information content (AvgIpc) is 1.99. The van der Waals surface area contributed by atoms with Crippen molar-refractivity contribution in [2.45, 2.75) is 32.5 Å². The van der Waals surface area contributed by atoms with Crippen LogP contribution in [0.4, 0.5) is 4.79 Å². The van der Waals surface area contributed by atoms with Gasteiger partial charge < -0.3 is 9.47 Å². The number of hydrogen-bond donors (Lipinski definition) is 0. The lowest BCUT2D eigenvalue weighted by Crippen LogP contribution is -2.34. The van der Waals surface area contributed by atoms with E-state index in [1.54, 1.807) is 13.8 Å². The standard InChI is InChI=1S/C8H14O6S/c1-6(2)13-8(9)14-7-3-4-12-15(10,11)5-7/h6-7H,3-5H2,1-2H3. The quantitative estimate of drug-likeness (QED) is 0.519. The predicted molar refractivity (Wildman–Crippen MR) is 50.8 cm³/mol. The summed E-state index contributed by atoms with van der Waals surface area (Å²) in [5.74, 6) is -0.305. The Morgan fingerprint density at radius 1 is 1.47 bits per heavy atom. The molecule has 0 aliphatic carbocycles. The predicted octanol–water partition coefficient (Wildman–Crippen LogP) is 0.667. The highest BCUT2D eigenvalue weighted by molar-refractivity contribution is 7.86. The van der Waals surface area contributed by atoms with Gasteiger partial charge in [-0.15, -0.1) is 0 Å². The Balaban J connectivity index is 2.42. The van der Waals surface area contributed by atoms with Crippen LogP contribution in [0.1, 0.15) is 20.3 Å². The molecule has 1 heterocycles. The van der Waals surface area contributed by atoms with E-state index in [-0.39, 0.29) is 18.5 Å². The van der Waals surface area contributed by atoms with Gasteiger partial charge in [0.15, 0.2) is 0 Å². The number of rotatable bonds is 2. The molecule has 1 fully saturated rings. The van der Waals surface area contributed by atoms with Gasteiger partial charge in [-0.2, -0.15) is 8.42 Å². The molecule has 15 heavy (non-hydrogen) atoms. The number of carbonyl (C=O) groups is 1. The molecule has 1 aliphatic heterocycles. The highest BCUT2D eigenvalue weighted by atomic mass is 32.2. The van der Waals surface area contributed by atoms with Crippen LogP contribution in [0.2, 0.25) is 0 Å². The van der Waals surface area contributed by atoms with E-state index in [4.69, 9.17) is 9.47 Å². The maximum atomic E-state index is 11.1. The van der Waals surface area contributed by atoms with Crippen molar-refractivity contribution in [2.75, 3.05) is 12.4 Å². The van der Waals surface area contributed by atoms with E-state index in [2.05, 4.69) is 4.18 Å². The van der Waals surface area contributed by atoms with Crippen molar-refractivity contribution in [1.82, 2.24) is 0 Å². The topological polar surface area (TPSA) is 78.9 Å². The summed E-state index contributed by atoms with van der Waals surface area (Å²) in [6.45, 7) is 3.41. The van der Waals surface area contributed by atoms with Crippen molar-refractivity contribution in [3.05, 3.63) is 0 Å². The van der Waals surface area contributed by atoms with Gasteiger partial charge in [-0.3, -0.25) is 4.18 Å². The van der Waals surface area contributed by atoms with Crippen LogP contribution < -0.4 is 0 Å². The molecule has 7 heteroatoms. The first kappa shape index (κ1) is 12.3. The van der Waals surface area contributed by atoms with Crippen LogP contribution in [-0.2, 0) is 23.8 Å². The van der Waals surface area contributed by atoms with Crippen molar-refractivity contribution < 1.29 is 26.9 Å². The molecule has 1 rings (SSSR count). The molecule has 0 spiro atoms. The van der Waals surface area contributed by atoms with Gasteiger partial charge in [0.2, 0.25) is 0 Å². The van der Waals surface area contributed by atoms with E-state index in [0.29, 0.717) is 6.42 Å². The monoisotopic (exact) mass is 238 g/mol. The fourth-order valence-corrected chi connectivity index (χ4v) is 2.25. The largest absolute Gasteiger partial charge is 0.508 e. The minimum atomic E-state index is -3.54. The molecular formula is C8H14O6S. The van der Waals surface area contributed by atoms with E-state index in [1.807, 2.05) is 0 Å². The molecule has 88 valence electrons. The lowest BCUT2D eigenvalue weighted by Gasteiger charge is -2.21. The first-order valence-corrected chi connectivity index (χ1v) is 6.21. The SMILES string of the molecule is CC(C)OC(=O)OC1CCOS(=O)(=O)C1. The molecular weight excluding hydrogens is 224 g/mol. The maximum absolute atomic E-state index is 11.1. The van der Waals surface area contributed by atoms with E-state index in [9.17, 15) is 13.2 Å². The first-order valence-electron chi connectivity index (χ1n) is 4.63. The Hall–Kier alpha value is -0.820. The van der Waals surface area contributed by atoms with E-state index < -0.39 is 22.4 Å². The normalized spacial score (nSPS) is 24.9. The van der Waals surface area contributed by atoms with Gasteiger partial charge in [0.05, 0.1) is 12.7 Å². The van der Waals surface area contributed by atoms with Crippen LogP contribution in [0.3, 0.4) is 0 Å². The third-order valence-corrected chi connectivity index (χ3v) is 2.99. The minimum absolute atomic E-state index is 0.0436. The molecule has 6 nitrogen and oxygen atoms in total. The Bertz CT molecular complexity index is 320. The fourth-order valence-electron chi connectivity index (χ4n) is 1.11. The third-order valence-electron chi connectivity index (χ3n) is 1.69. The van der Waals surface area contributed by atoms with Crippen LogP contribution >= 0.6 is 0 Å². The lowest BCUT2D eigenvalue weighted by atomic mass is 10.3. The maximum Gasteiger partial charge on any atom is 0.508 e. The van der Waals surface area contributed by atoms with Gasteiger partial charge in [-0.05, 0) is 13.8 Å². The molecule has 0 N–H and O–H groups in total. The molecule has 0 aromatic heterocycles. The smallest absolute Gasteiger partial charge is 0.432 e. The Morgan fingerprint density at radius 2 is 2.13 bits per heavy atom. The zero-order valence-electron chi connectivity index (χ0n) is 8.63. The van der Waals surface area contributed by atoms with Crippen LogP contribution in [0.15, 0.2) is 0 Å². The Labute approximate surface area is 88.6 Å². The molecule has 0 amide bonds. The van der Waals surface area contributed by atoms with Crippen molar-refractivity contribution >= 4 is 16.3 Å². The minimum Gasteiger partial charge on any atom is -0.432 e. The summed E-state index contributed by atoms with van der Waals surface area (Å²) in [4.78, 5) is 11.1. The zero-order chi connectivity index (χ0) is 11.5. The molecule has 1 atom stereocenters. The van der Waals surface area contributed by atoms with Crippen molar-refractivity contribution in [3.63, 3.8) is 0 Å². The van der Waals surface area contributed by atoms with Gasteiger partial charge in [-0.25, -0.2) is 4.79 Å². The molecule has 0 bridgehead atoms. The second-order valence-corrected chi connectivity index (χ2v) is 5.18. The van der Waals surface area contributed by atoms with E-state index >= 15 is 0 Å². The highest BCUT2D eigenvalue weighted by Gasteiger charge is 2.29. The van der Waals surface area contributed by atoms with Crippen molar-refractivity contribution in [3.8, 4) is 0 Å². The molecule has 1 unspecified atom stereocenters. The zero-order valence-corrected chi connectivity index (χ0v) is 9.45. The van der Waals surface area contributed by atoms with E-state index in [1.165, 1.54) is 0 Å². The molecule has 1 saturated heterocycles. The van der Waals surface area contributed by atoms with Gasteiger partial charge in [0.25, 0.3) is 10.1 Å². The second-order valence-electron chi connectivity index (χ2n) is 3.49. The average molecular weight is 238 g/mol. The Morgan fingerprint density at radius 3 is 2.67 bits per heavy atom. The van der Waals surface area contributed by atoms with Crippen LogP contribution in [-0.4, -0.2) is 39.1 Å². The summed E-state index contributed by atoms with van der Waals surface area (Å²) in [7, 11) is -3.54. The number of carbonyl (C=O) groups excluding carboxylic acids is 1. The third kappa shape index (κ3) is 4.48. The van der Waals surface area contributed by atoms with Gasteiger partial charge in [0.1, 0.15) is 11.9 Å². The van der Waals surface area contributed by atoms with Crippen LogP contribution in [0.25, 0.3) is 0 Å². The summed E-state index contributed by atoms with van der Waals surface area (Å²) >= 11 is 0. The van der Waals surface area contributed by atoms with E-state index in [0.717, 1.165) is 0 Å². The molecule has 0 saturated carbocycles. The molecule has 0 aromatic rings. The van der Waals surface area contributed by atoms with Crippen molar-refractivity contribution in [2.24, 2.45) is 0 Å². The van der Waals surface area contributed by atoms with Gasteiger partial charge in [0, 0.05) is 6.42 Å². The van der Waals surface area contributed by atoms with Crippen LogP contribution in [0, 0.1) is 0 Å². The summed E-state index contributed by atoms with van der Waals surface area (Å²) in [6.07, 6.45) is -1.43. The first-order chi connectivity index (χ1) is 6.89. The number of ether oxygens (including phenoxy) is 2. The molecule has 0 aromatic carbocycles. The summed E-state index contributed by atoms with van der Waals surface area (Å²) < 4.78 is 36.1.